The normalized spacial score (nSPS) is 15.0. The van der Waals surface area contributed by atoms with Gasteiger partial charge in [-0.2, -0.15) is 13.2 Å². The second-order valence-corrected chi connectivity index (χ2v) is 4.84. The van der Waals surface area contributed by atoms with Crippen LogP contribution in [-0.2, 0) is 6.18 Å². The lowest BCUT2D eigenvalue weighted by atomic mass is 9.93. The van der Waals surface area contributed by atoms with E-state index in [1.807, 2.05) is 0 Å². The number of nitrogens with two attached hydrogens (primary N) is 1. The van der Waals surface area contributed by atoms with Crippen molar-refractivity contribution in [2.45, 2.75) is 32.2 Å². The molecule has 0 aliphatic rings. The summed E-state index contributed by atoms with van der Waals surface area (Å²) < 4.78 is 38.0. The van der Waals surface area contributed by atoms with Crippen molar-refractivity contribution in [1.29, 1.82) is 0 Å². The van der Waals surface area contributed by atoms with Crippen molar-refractivity contribution in [3.05, 3.63) is 34.3 Å². The molecule has 0 spiro atoms. The number of halogens is 5. The molecule has 1 aromatic rings. The monoisotopic (exact) mass is 317 g/mol. The van der Waals surface area contributed by atoms with Gasteiger partial charge in [0.15, 0.2) is 0 Å². The Morgan fingerprint density at radius 3 is 2.21 bits per heavy atom. The van der Waals surface area contributed by atoms with E-state index in [0.717, 1.165) is 6.07 Å². The molecule has 0 unspecified atom stereocenters. The molecule has 0 aliphatic carbocycles. The Morgan fingerprint density at radius 2 is 1.79 bits per heavy atom. The van der Waals surface area contributed by atoms with Crippen molar-refractivity contribution in [3.8, 4) is 0 Å². The van der Waals surface area contributed by atoms with Crippen LogP contribution < -0.4 is 5.73 Å². The first kappa shape index (κ1) is 18.5. The van der Waals surface area contributed by atoms with Crippen LogP contribution >= 0.6 is 24.0 Å². The molecule has 0 aliphatic heterocycles. The minimum Gasteiger partial charge on any atom is -0.391 e. The predicted molar refractivity (Wildman–Crippen MR) is 71.5 cm³/mol. The lowest BCUT2D eigenvalue weighted by molar-refractivity contribution is -0.137. The molecule has 110 valence electrons. The second kappa shape index (κ2) is 6.79. The van der Waals surface area contributed by atoms with Crippen LogP contribution in [0.25, 0.3) is 0 Å². The highest BCUT2D eigenvalue weighted by atomic mass is 35.5. The SMILES string of the molecule is CC(C)[C@H](O)[C@H](N)c1cccc(C(F)(F)F)c1Cl.Cl. The number of aliphatic hydroxyl groups excluding tert-OH is 1. The summed E-state index contributed by atoms with van der Waals surface area (Å²) in [5.41, 5.74) is 4.92. The first-order chi connectivity index (χ1) is 8.16. The summed E-state index contributed by atoms with van der Waals surface area (Å²) in [5, 5.41) is 9.35. The molecule has 0 amide bonds. The minimum absolute atomic E-state index is 0. The van der Waals surface area contributed by atoms with Gasteiger partial charge in [-0.15, -0.1) is 12.4 Å². The van der Waals surface area contributed by atoms with Crippen molar-refractivity contribution in [2.24, 2.45) is 11.7 Å². The Hall–Kier alpha value is -0.490. The van der Waals surface area contributed by atoms with Gasteiger partial charge in [0, 0.05) is 0 Å². The molecule has 1 rings (SSSR count). The average Bonchev–Trinajstić information content (AvgIpc) is 2.25. The topological polar surface area (TPSA) is 46.2 Å². The third-order valence-corrected chi connectivity index (χ3v) is 3.17. The first-order valence-corrected chi connectivity index (χ1v) is 5.83. The van der Waals surface area contributed by atoms with E-state index in [1.165, 1.54) is 12.1 Å². The summed E-state index contributed by atoms with van der Waals surface area (Å²) in [7, 11) is 0. The van der Waals surface area contributed by atoms with Crippen molar-refractivity contribution in [2.75, 3.05) is 0 Å². The van der Waals surface area contributed by atoms with E-state index < -0.39 is 28.9 Å². The highest BCUT2D eigenvalue weighted by Crippen LogP contribution is 2.38. The molecule has 0 saturated carbocycles. The van der Waals surface area contributed by atoms with Crippen molar-refractivity contribution in [3.63, 3.8) is 0 Å². The van der Waals surface area contributed by atoms with Crippen molar-refractivity contribution in [1.82, 2.24) is 0 Å². The zero-order valence-corrected chi connectivity index (χ0v) is 12.0. The molecule has 2 atom stereocenters. The fourth-order valence-corrected chi connectivity index (χ4v) is 1.98. The Labute approximate surface area is 121 Å². The van der Waals surface area contributed by atoms with Crippen LogP contribution in [0.3, 0.4) is 0 Å². The van der Waals surface area contributed by atoms with Gasteiger partial charge in [0.2, 0.25) is 0 Å². The van der Waals surface area contributed by atoms with Gasteiger partial charge in [-0.3, -0.25) is 0 Å². The molecular weight excluding hydrogens is 302 g/mol. The molecule has 7 heteroatoms. The van der Waals surface area contributed by atoms with Crippen LogP contribution in [0.5, 0.6) is 0 Å². The van der Waals surface area contributed by atoms with Gasteiger partial charge >= 0.3 is 6.18 Å². The zero-order valence-electron chi connectivity index (χ0n) is 10.4. The maximum Gasteiger partial charge on any atom is 0.417 e. The third-order valence-electron chi connectivity index (χ3n) is 2.74. The van der Waals surface area contributed by atoms with Gasteiger partial charge < -0.3 is 10.8 Å². The third kappa shape index (κ3) is 4.24. The van der Waals surface area contributed by atoms with Crippen LogP contribution in [0, 0.1) is 5.92 Å². The van der Waals surface area contributed by atoms with Crippen molar-refractivity contribution < 1.29 is 18.3 Å². The Balaban J connectivity index is 0.00000324. The molecule has 0 fully saturated rings. The van der Waals surface area contributed by atoms with E-state index in [2.05, 4.69) is 0 Å². The zero-order chi connectivity index (χ0) is 14.1. The molecule has 19 heavy (non-hydrogen) atoms. The summed E-state index contributed by atoms with van der Waals surface area (Å²) in [5.74, 6) is -0.175. The Bertz CT molecular complexity index is 424. The quantitative estimate of drug-likeness (QED) is 0.890. The molecule has 3 N–H and O–H groups in total. The van der Waals surface area contributed by atoms with Crippen LogP contribution in [0.1, 0.15) is 31.0 Å². The molecular formula is C12H16Cl2F3NO. The summed E-state index contributed by atoms with van der Waals surface area (Å²) >= 11 is 5.73. The smallest absolute Gasteiger partial charge is 0.391 e. The standard InChI is InChI=1S/C12H15ClF3NO.ClH/c1-6(2)11(18)10(17)7-4-3-5-8(9(7)13)12(14,15)16;/h3-6,10-11,18H,17H2,1-2H3;1H/t10-,11+;/m1./s1. The maximum absolute atomic E-state index is 12.7. The van der Waals surface area contributed by atoms with Crippen LogP contribution in [0.15, 0.2) is 18.2 Å². The fraction of sp³-hybridized carbons (Fsp3) is 0.500. The Kier molecular flexibility index (Phi) is 6.62. The van der Waals surface area contributed by atoms with Crippen LogP contribution in [0.2, 0.25) is 5.02 Å². The van der Waals surface area contributed by atoms with Crippen LogP contribution in [0.4, 0.5) is 13.2 Å². The van der Waals surface area contributed by atoms with Gasteiger partial charge in [0.05, 0.1) is 22.7 Å². The minimum atomic E-state index is -4.53. The second-order valence-electron chi connectivity index (χ2n) is 4.47. The number of alkyl halides is 3. The highest BCUT2D eigenvalue weighted by Gasteiger charge is 2.35. The summed E-state index contributed by atoms with van der Waals surface area (Å²) in [6.07, 6.45) is -5.48. The molecule has 0 heterocycles. The number of aliphatic hydroxyl groups is 1. The lowest BCUT2D eigenvalue weighted by Gasteiger charge is -2.24. The molecule has 2 nitrogen and oxygen atoms in total. The largest absolute Gasteiger partial charge is 0.417 e. The van der Waals surface area contributed by atoms with E-state index in [0.29, 0.717) is 0 Å². The molecule has 1 aromatic carbocycles. The number of rotatable bonds is 3. The summed E-state index contributed by atoms with van der Waals surface area (Å²) in [4.78, 5) is 0. The fourth-order valence-electron chi connectivity index (χ4n) is 1.62. The first-order valence-electron chi connectivity index (χ1n) is 5.45. The van der Waals surface area contributed by atoms with E-state index >= 15 is 0 Å². The van der Waals surface area contributed by atoms with Gasteiger partial charge in [-0.1, -0.05) is 37.6 Å². The van der Waals surface area contributed by atoms with Gasteiger partial charge in [-0.05, 0) is 17.5 Å². The van der Waals surface area contributed by atoms with Gasteiger partial charge in [0.25, 0.3) is 0 Å². The molecule has 0 saturated heterocycles. The summed E-state index contributed by atoms with van der Waals surface area (Å²) in [6.45, 7) is 3.46. The molecule has 0 aromatic heterocycles. The summed E-state index contributed by atoms with van der Waals surface area (Å²) in [6, 6.07) is 2.57. The van der Waals surface area contributed by atoms with Gasteiger partial charge in [0.1, 0.15) is 0 Å². The van der Waals surface area contributed by atoms with E-state index in [4.69, 9.17) is 17.3 Å². The van der Waals surface area contributed by atoms with Crippen LogP contribution in [-0.4, -0.2) is 11.2 Å². The van der Waals surface area contributed by atoms with E-state index in [9.17, 15) is 18.3 Å². The maximum atomic E-state index is 12.7. The number of benzene rings is 1. The lowest BCUT2D eigenvalue weighted by Crippen LogP contribution is -2.31. The molecule has 0 radical (unpaired) electrons. The Morgan fingerprint density at radius 1 is 1.26 bits per heavy atom. The number of hydrogen-bond acceptors (Lipinski definition) is 2. The van der Waals surface area contributed by atoms with E-state index in [-0.39, 0.29) is 23.9 Å². The van der Waals surface area contributed by atoms with Crippen molar-refractivity contribution >= 4 is 24.0 Å². The predicted octanol–water partition coefficient (Wildman–Crippen LogP) is 3.80. The van der Waals surface area contributed by atoms with E-state index in [1.54, 1.807) is 13.8 Å². The highest BCUT2D eigenvalue weighted by molar-refractivity contribution is 6.32. The van der Waals surface area contributed by atoms with Gasteiger partial charge in [-0.25, -0.2) is 0 Å². The average molecular weight is 318 g/mol. The number of hydrogen-bond donors (Lipinski definition) is 2. The molecule has 0 bridgehead atoms.